The van der Waals surface area contributed by atoms with E-state index in [1.807, 2.05) is 0 Å². The zero-order valence-electron chi connectivity index (χ0n) is 22.3. The van der Waals surface area contributed by atoms with Crippen LogP contribution in [0.4, 0.5) is 17.6 Å². The highest BCUT2D eigenvalue weighted by molar-refractivity contribution is 5.74. The van der Waals surface area contributed by atoms with Crippen LogP contribution in [0.25, 0.3) is 27.8 Å². The number of ether oxygens (including phenoxy) is 1. The van der Waals surface area contributed by atoms with Crippen molar-refractivity contribution in [2.45, 2.75) is 71.6 Å². The Hall–Kier alpha value is -3.08. The van der Waals surface area contributed by atoms with Crippen LogP contribution in [0.3, 0.4) is 0 Å². The Bertz CT molecular complexity index is 1260. The first-order valence-corrected chi connectivity index (χ1v) is 13.8. The van der Waals surface area contributed by atoms with Crippen LogP contribution in [0.15, 0.2) is 54.6 Å². The molecular formula is C33H36F4O. The maximum atomic E-state index is 15.2. The first-order valence-electron chi connectivity index (χ1n) is 13.8. The smallest absolute Gasteiger partial charge is 0.201 e. The Morgan fingerprint density at radius 2 is 1.26 bits per heavy atom. The molecule has 0 saturated heterocycles. The summed E-state index contributed by atoms with van der Waals surface area (Å²) in [5.41, 5.74) is 2.30. The van der Waals surface area contributed by atoms with Gasteiger partial charge in [-0.3, -0.25) is 0 Å². The molecule has 0 aliphatic heterocycles. The van der Waals surface area contributed by atoms with Crippen molar-refractivity contribution >= 4 is 5.57 Å². The van der Waals surface area contributed by atoms with Crippen LogP contribution in [-0.4, -0.2) is 6.61 Å². The standard InChI is InChI=1S/C33H36F4O/c1-3-5-6-7-8-9-22-10-12-23(13-11-22)26-18-19-27(31(35)30(26)34)24-14-16-25(17-15-24)28-20-21-29(38-4-2)33(37)32(28)36/h12,14-22H,3-11,13H2,1-2H3. The number of hydrogen-bond acceptors (Lipinski definition) is 1. The number of halogens is 4. The van der Waals surface area contributed by atoms with E-state index in [1.54, 1.807) is 43.3 Å². The van der Waals surface area contributed by atoms with E-state index in [0.717, 1.165) is 24.8 Å². The second-order valence-corrected chi connectivity index (χ2v) is 10.1. The van der Waals surface area contributed by atoms with Crippen molar-refractivity contribution in [3.05, 3.63) is 83.4 Å². The van der Waals surface area contributed by atoms with Crippen molar-refractivity contribution in [1.29, 1.82) is 0 Å². The van der Waals surface area contributed by atoms with Gasteiger partial charge in [-0.2, -0.15) is 4.39 Å². The highest BCUT2D eigenvalue weighted by atomic mass is 19.2. The van der Waals surface area contributed by atoms with Crippen molar-refractivity contribution in [2.24, 2.45) is 5.92 Å². The lowest BCUT2D eigenvalue weighted by molar-refractivity contribution is 0.314. The fourth-order valence-electron chi connectivity index (χ4n) is 5.30. The maximum absolute atomic E-state index is 15.2. The first kappa shape index (κ1) is 27.9. The van der Waals surface area contributed by atoms with Gasteiger partial charge in [0.25, 0.3) is 0 Å². The van der Waals surface area contributed by atoms with Gasteiger partial charge in [0.1, 0.15) is 0 Å². The summed E-state index contributed by atoms with van der Waals surface area (Å²) >= 11 is 0. The lowest BCUT2D eigenvalue weighted by atomic mass is 9.83. The maximum Gasteiger partial charge on any atom is 0.201 e. The summed E-state index contributed by atoms with van der Waals surface area (Å²) in [6.07, 6.45) is 12.3. The molecule has 1 aliphatic rings. The molecule has 0 bridgehead atoms. The molecule has 3 aromatic rings. The van der Waals surface area contributed by atoms with E-state index in [0.29, 0.717) is 22.6 Å². The van der Waals surface area contributed by atoms with E-state index in [9.17, 15) is 8.78 Å². The Balaban J connectivity index is 1.47. The van der Waals surface area contributed by atoms with Crippen LogP contribution >= 0.6 is 0 Å². The fraction of sp³-hybridized carbons (Fsp3) is 0.394. The summed E-state index contributed by atoms with van der Waals surface area (Å²) in [6, 6.07) is 12.4. The Labute approximate surface area is 223 Å². The van der Waals surface area contributed by atoms with E-state index in [4.69, 9.17) is 4.74 Å². The lowest BCUT2D eigenvalue weighted by Crippen LogP contribution is -2.07. The topological polar surface area (TPSA) is 9.23 Å². The monoisotopic (exact) mass is 524 g/mol. The summed E-state index contributed by atoms with van der Waals surface area (Å²) in [5.74, 6) is -3.31. The summed E-state index contributed by atoms with van der Waals surface area (Å²) < 4.78 is 64.3. The number of benzene rings is 3. The van der Waals surface area contributed by atoms with Crippen LogP contribution in [0, 0.1) is 29.2 Å². The predicted octanol–water partition coefficient (Wildman–Crippen LogP) is 10.5. The molecule has 0 aromatic heterocycles. The molecule has 0 fully saturated rings. The zero-order valence-corrected chi connectivity index (χ0v) is 22.3. The van der Waals surface area contributed by atoms with Crippen LogP contribution < -0.4 is 4.74 Å². The molecule has 202 valence electrons. The van der Waals surface area contributed by atoms with Crippen molar-refractivity contribution in [3.8, 4) is 28.0 Å². The number of rotatable bonds is 11. The van der Waals surface area contributed by atoms with Gasteiger partial charge in [-0.05, 0) is 60.9 Å². The molecule has 0 amide bonds. The SMILES string of the molecule is CCCCCCCC1CC=C(c2ccc(-c3ccc(-c4ccc(OCC)c(F)c4F)cc3)c(F)c2F)CC1. The van der Waals surface area contributed by atoms with E-state index < -0.39 is 23.3 Å². The number of unbranched alkanes of at least 4 members (excludes halogenated alkanes) is 4. The van der Waals surface area contributed by atoms with Gasteiger partial charge in [0.15, 0.2) is 23.2 Å². The molecule has 0 N–H and O–H groups in total. The number of allylic oxidation sites excluding steroid dienone is 2. The van der Waals surface area contributed by atoms with Gasteiger partial charge in [-0.25, -0.2) is 13.2 Å². The average Bonchev–Trinajstić information content (AvgIpc) is 2.93. The third-order valence-electron chi connectivity index (χ3n) is 7.52. The third kappa shape index (κ3) is 6.31. The van der Waals surface area contributed by atoms with Gasteiger partial charge in [0, 0.05) is 16.7 Å². The normalized spacial score (nSPS) is 15.4. The van der Waals surface area contributed by atoms with Gasteiger partial charge in [-0.15, -0.1) is 0 Å². The minimum absolute atomic E-state index is 0.0722. The Morgan fingerprint density at radius 1 is 0.684 bits per heavy atom. The zero-order chi connectivity index (χ0) is 27.1. The van der Waals surface area contributed by atoms with E-state index >= 15 is 8.78 Å². The Morgan fingerprint density at radius 3 is 1.87 bits per heavy atom. The molecular weight excluding hydrogens is 488 g/mol. The molecule has 38 heavy (non-hydrogen) atoms. The molecule has 5 heteroatoms. The second kappa shape index (κ2) is 13.1. The van der Waals surface area contributed by atoms with Crippen molar-refractivity contribution in [2.75, 3.05) is 6.61 Å². The fourth-order valence-corrected chi connectivity index (χ4v) is 5.30. The molecule has 1 atom stereocenters. The average molecular weight is 525 g/mol. The quantitative estimate of drug-likeness (QED) is 0.179. The van der Waals surface area contributed by atoms with Gasteiger partial charge in [-0.1, -0.05) is 87.9 Å². The molecule has 3 aromatic carbocycles. The molecule has 1 unspecified atom stereocenters. The first-order chi connectivity index (χ1) is 18.4. The highest BCUT2D eigenvalue weighted by Gasteiger charge is 2.21. The molecule has 0 spiro atoms. The predicted molar refractivity (Wildman–Crippen MR) is 147 cm³/mol. The van der Waals surface area contributed by atoms with Crippen molar-refractivity contribution in [3.63, 3.8) is 0 Å². The highest BCUT2D eigenvalue weighted by Crippen LogP contribution is 2.37. The van der Waals surface area contributed by atoms with Gasteiger partial charge >= 0.3 is 0 Å². The minimum atomic E-state index is -1.05. The summed E-state index contributed by atoms with van der Waals surface area (Å²) in [4.78, 5) is 0. The number of hydrogen-bond donors (Lipinski definition) is 0. The molecule has 1 aliphatic carbocycles. The van der Waals surface area contributed by atoms with Crippen LogP contribution in [0.2, 0.25) is 0 Å². The van der Waals surface area contributed by atoms with Crippen LogP contribution in [0.1, 0.15) is 77.2 Å². The Kier molecular flexibility index (Phi) is 9.65. The van der Waals surface area contributed by atoms with Crippen LogP contribution in [-0.2, 0) is 0 Å². The van der Waals surface area contributed by atoms with E-state index in [1.165, 1.54) is 50.7 Å². The lowest BCUT2D eigenvalue weighted by Gasteiger charge is -2.22. The van der Waals surface area contributed by atoms with Gasteiger partial charge in [0.2, 0.25) is 5.82 Å². The molecule has 1 nitrogen and oxygen atoms in total. The minimum Gasteiger partial charge on any atom is -0.491 e. The summed E-state index contributed by atoms with van der Waals surface area (Å²) in [6.45, 7) is 4.13. The summed E-state index contributed by atoms with van der Waals surface area (Å²) in [5, 5.41) is 0. The molecule has 0 saturated carbocycles. The van der Waals surface area contributed by atoms with Crippen molar-refractivity contribution in [1.82, 2.24) is 0 Å². The molecule has 0 heterocycles. The van der Waals surface area contributed by atoms with Crippen molar-refractivity contribution < 1.29 is 22.3 Å². The summed E-state index contributed by atoms with van der Waals surface area (Å²) in [7, 11) is 0. The second-order valence-electron chi connectivity index (χ2n) is 10.1. The van der Waals surface area contributed by atoms with E-state index in [2.05, 4.69) is 13.0 Å². The van der Waals surface area contributed by atoms with E-state index in [-0.39, 0.29) is 23.5 Å². The van der Waals surface area contributed by atoms with Gasteiger partial charge in [0.05, 0.1) is 6.61 Å². The largest absolute Gasteiger partial charge is 0.491 e. The molecule has 4 rings (SSSR count). The van der Waals surface area contributed by atoms with Crippen LogP contribution in [0.5, 0.6) is 5.75 Å². The third-order valence-corrected chi connectivity index (χ3v) is 7.52. The van der Waals surface area contributed by atoms with Gasteiger partial charge < -0.3 is 4.74 Å². The molecule has 0 radical (unpaired) electrons.